The number of ether oxygens (including phenoxy) is 3. The van der Waals surface area contributed by atoms with Crippen LogP contribution in [0.2, 0.25) is 5.04 Å². The van der Waals surface area contributed by atoms with E-state index >= 15 is 0 Å². The van der Waals surface area contributed by atoms with Crippen LogP contribution in [0.3, 0.4) is 0 Å². The number of halogens is 3. The number of carbonyl (C=O) groups excluding carboxylic acids is 1. The summed E-state index contributed by atoms with van der Waals surface area (Å²) < 4.78 is 68.2. The summed E-state index contributed by atoms with van der Waals surface area (Å²) >= 11 is 0. The molecule has 2 aromatic heterocycles. The third-order valence-corrected chi connectivity index (χ3v) is 14.1. The molecule has 288 valence electrons. The maximum Gasteiger partial charge on any atom is 0.450 e. The van der Waals surface area contributed by atoms with Crippen molar-refractivity contribution in [2.75, 3.05) is 27.3 Å². The molecule has 2 unspecified atom stereocenters. The van der Waals surface area contributed by atoms with Gasteiger partial charge in [-0.2, -0.15) is 22.7 Å². The SMILES string of the molecule is CCOC(C)OC1C[C@H]([n+]2cn(C#CCCC(=O)C(F)(F)F)c3c(N=CN(C)C)ncnc32)O[C@@H]1CO[Si](c1ccccc1)(c1ccccc1)C(C)(C)C. The Morgan fingerprint density at radius 3 is 2.33 bits per heavy atom. The van der Waals surface area contributed by atoms with E-state index < -0.39 is 51.4 Å². The summed E-state index contributed by atoms with van der Waals surface area (Å²) in [6.45, 7) is 11.1. The normalized spacial score (nSPS) is 18.5. The second kappa shape index (κ2) is 17.3. The van der Waals surface area contributed by atoms with Crippen LogP contribution in [0.25, 0.3) is 11.2 Å². The van der Waals surface area contributed by atoms with Crippen LogP contribution in [0.4, 0.5) is 19.0 Å². The highest BCUT2D eigenvalue weighted by Crippen LogP contribution is 2.38. The lowest BCUT2D eigenvalue weighted by molar-refractivity contribution is -0.739. The average molecular weight is 766 g/mol. The van der Waals surface area contributed by atoms with E-state index in [1.165, 1.54) is 10.9 Å². The molecule has 0 saturated carbocycles. The van der Waals surface area contributed by atoms with E-state index in [4.69, 9.17) is 18.6 Å². The van der Waals surface area contributed by atoms with Crippen molar-refractivity contribution in [2.45, 2.75) is 89.8 Å². The largest absolute Gasteiger partial charge is 0.450 e. The number of benzene rings is 2. The predicted molar refractivity (Wildman–Crippen MR) is 201 cm³/mol. The number of aromatic nitrogens is 4. The lowest BCUT2D eigenvalue weighted by Gasteiger charge is -2.43. The van der Waals surface area contributed by atoms with Crippen molar-refractivity contribution in [2.24, 2.45) is 4.99 Å². The molecule has 0 spiro atoms. The van der Waals surface area contributed by atoms with Crippen LogP contribution < -0.4 is 14.9 Å². The van der Waals surface area contributed by atoms with Crippen LogP contribution in [0.15, 0.2) is 78.3 Å². The van der Waals surface area contributed by atoms with Gasteiger partial charge in [-0.25, -0.2) is 9.56 Å². The van der Waals surface area contributed by atoms with Gasteiger partial charge >= 0.3 is 11.8 Å². The van der Waals surface area contributed by atoms with Crippen LogP contribution in [0.1, 0.15) is 60.1 Å². The number of Topliss-reactive ketones (excluding diaryl/α,β-unsaturated/α-hetero) is 1. The minimum atomic E-state index is -4.91. The molecule has 0 aliphatic carbocycles. The molecule has 15 heteroatoms. The fraction of sp³-hybridized carbons (Fsp3) is 0.462. The van der Waals surface area contributed by atoms with Crippen molar-refractivity contribution in [3.63, 3.8) is 0 Å². The molecule has 0 radical (unpaired) electrons. The summed E-state index contributed by atoms with van der Waals surface area (Å²) in [4.78, 5) is 26.6. The molecule has 0 bridgehead atoms. The van der Waals surface area contributed by atoms with Crippen molar-refractivity contribution < 1.29 is 41.2 Å². The van der Waals surface area contributed by atoms with Gasteiger partial charge in [0.25, 0.3) is 8.32 Å². The first-order chi connectivity index (χ1) is 25.7. The lowest BCUT2D eigenvalue weighted by atomic mass is 10.2. The van der Waals surface area contributed by atoms with Gasteiger partial charge < -0.3 is 23.5 Å². The Balaban J connectivity index is 1.54. The first-order valence-corrected chi connectivity index (χ1v) is 19.8. The van der Waals surface area contributed by atoms with Gasteiger partial charge in [-0.05, 0) is 29.3 Å². The fourth-order valence-corrected chi connectivity index (χ4v) is 11.2. The first-order valence-electron chi connectivity index (χ1n) is 17.9. The van der Waals surface area contributed by atoms with Crippen LogP contribution >= 0.6 is 0 Å². The number of alkyl halides is 3. The van der Waals surface area contributed by atoms with Gasteiger partial charge in [-0.3, -0.25) is 4.79 Å². The van der Waals surface area contributed by atoms with E-state index in [0.717, 1.165) is 10.4 Å². The first kappa shape index (κ1) is 40.7. The molecule has 2 aromatic carbocycles. The monoisotopic (exact) mass is 765 g/mol. The van der Waals surface area contributed by atoms with E-state index in [1.807, 2.05) is 64.3 Å². The second-order valence-corrected chi connectivity index (χ2v) is 18.5. The van der Waals surface area contributed by atoms with Crippen LogP contribution in [0.5, 0.6) is 0 Å². The number of rotatable bonds is 14. The Morgan fingerprint density at radius 2 is 1.76 bits per heavy atom. The highest BCUT2D eigenvalue weighted by atomic mass is 28.4. The summed E-state index contributed by atoms with van der Waals surface area (Å²) in [7, 11) is 0.680. The number of carbonyl (C=O) groups is 1. The third kappa shape index (κ3) is 9.24. The molecule has 0 N–H and O–H groups in total. The number of hydrogen-bond donors (Lipinski definition) is 0. The quantitative estimate of drug-likeness (QED) is 0.0426. The molecule has 0 amide bonds. The number of hydrogen-bond acceptors (Lipinski definition) is 8. The fourth-order valence-electron chi connectivity index (χ4n) is 6.67. The van der Waals surface area contributed by atoms with Crippen molar-refractivity contribution in [3.05, 3.63) is 73.3 Å². The Hall–Kier alpha value is -4.46. The zero-order valence-corrected chi connectivity index (χ0v) is 32.7. The number of fused-ring (bicyclic) bond motifs is 1. The summed E-state index contributed by atoms with van der Waals surface area (Å²) in [5.41, 5.74) is 0.854. The minimum absolute atomic E-state index is 0.215. The Kier molecular flexibility index (Phi) is 13.1. The molecule has 1 saturated heterocycles. The van der Waals surface area contributed by atoms with E-state index in [-0.39, 0.29) is 23.9 Å². The molecule has 4 aromatic rings. The third-order valence-electron chi connectivity index (χ3n) is 9.05. The molecule has 1 aliphatic heterocycles. The summed E-state index contributed by atoms with van der Waals surface area (Å²) in [5.74, 6) is 1.15. The van der Waals surface area contributed by atoms with Crippen molar-refractivity contribution in [3.8, 4) is 12.0 Å². The molecular formula is C39H48F3N6O5Si+. The molecule has 3 heterocycles. The van der Waals surface area contributed by atoms with Crippen molar-refractivity contribution in [1.29, 1.82) is 0 Å². The summed E-state index contributed by atoms with van der Waals surface area (Å²) in [5, 5.41) is 2.00. The summed E-state index contributed by atoms with van der Waals surface area (Å²) in [6.07, 6.45) is -3.09. The van der Waals surface area contributed by atoms with Crippen LogP contribution in [0, 0.1) is 12.0 Å². The Morgan fingerprint density at radius 1 is 1.11 bits per heavy atom. The highest BCUT2D eigenvalue weighted by molar-refractivity contribution is 6.99. The summed E-state index contributed by atoms with van der Waals surface area (Å²) in [6, 6.07) is 23.6. The lowest BCUT2D eigenvalue weighted by Crippen LogP contribution is -2.67. The van der Waals surface area contributed by atoms with Gasteiger partial charge in [0.2, 0.25) is 23.4 Å². The standard InChI is InChI=1S/C39H48F3N6O5Si/c1-8-50-28(2)52-31-23-34(53-32(31)24-51-54(38(3,4)5,29-17-11-9-12-18-29)30-19-13-10-14-20-30)48-27-47(22-16-15-21-33(49)39(40,41)42)35-36(45-26-46(6)7)43-25-44-37(35)48/h9-14,17-20,25-28,31-32,34H,8,15,21,23-24H2,1-7H3/q+1/t28?,31?,32-,34-/m1/s1. The second-order valence-electron chi connectivity index (χ2n) is 14.2. The zero-order chi connectivity index (χ0) is 39.1. The smallest absolute Gasteiger partial charge is 0.405 e. The molecule has 5 rings (SSSR count). The minimum Gasteiger partial charge on any atom is -0.405 e. The number of nitrogens with zero attached hydrogens (tertiary/aromatic N) is 6. The number of ketones is 1. The van der Waals surface area contributed by atoms with E-state index in [2.05, 4.69) is 72.0 Å². The molecule has 11 nitrogen and oxygen atoms in total. The predicted octanol–water partition coefficient (Wildman–Crippen LogP) is 5.29. The molecule has 1 aliphatic rings. The molecule has 54 heavy (non-hydrogen) atoms. The average Bonchev–Trinajstić information content (AvgIpc) is 3.70. The van der Waals surface area contributed by atoms with E-state index in [0.29, 0.717) is 24.2 Å². The zero-order valence-electron chi connectivity index (χ0n) is 31.7. The molecule has 4 atom stereocenters. The van der Waals surface area contributed by atoms with Gasteiger partial charge in [0.1, 0.15) is 6.10 Å². The maximum absolute atomic E-state index is 12.8. The Bertz CT molecular complexity index is 1920. The van der Waals surface area contributed by atoms with Crippen LogP contribution in [-0.2, 0) is 23.4 Å². The Labute approximate surface area is 315 Å². The van der Waals surface area contributed by atoms with Gasteiger partial charge in [-0.1, -0.05) is 92.3 Å². The van der Waals surface area contributed by atoms with Crippen molar-refractivity contribution in [1.82, 2.24) is 19.4 Å². The number of aliphatic imine (C=N–C) groups is 1. The van der Waals surface area contributed by atoms with Gasteiger partial charge in [0.05, 0.1) is 25.1 Å². The van der Waals surface area contributed by atoms with E-state index in [9.17, 15) is 18.0 Å². The molecule has 1 fully saturated rings. The topological polar surface area (TPSA) is 104 Å². The van der Waals surface area contributed by atoms with Gasteiger partial charge in [0.15, 0.2) is 18.8 Å². The van der Waals surface area contributed by atoms with Crippen molar-refractivity contribution >= 4 is 47.8 Å². The van der Waals surface area contributed by atoms with Gasteiger partial charge in [0, 0.05) is 40.0 Å². The number of imidazole rings is 1. The van der Waals surface area contributed by atoms with Gasteiger partial charge in [-0.15, -0.1) is 0 Å². The molecular weight excluding hydrogens is 718 g/mol. The van der Waals surface area contributed by atoms with Crippen LogP contribution in [-0.4, -0.2) is 91.9 Å². The van der Waals surface area contributed by atoms with E-state index in [1.54, 1.807) is 22.1 Å². The maximum atomic E-state index is 12.8. The highest BCUT2D eigenvalue weighted by Gasteiger charge is 2.52.